The molecule has 0 nitrogen and oxygen atoms in total. The van der Waals surface area contributed by atoms with Crippen molar-refractivity contribution in [2.45, 2.75) is 41.5 Å². The van der Waals surface area contributed by atoms with Gasteiger partial charge in [-0.25, -0.2) is 0 Å². The average Bonchev–Trinajstić information content (AvgIpc) is 2.32. The van der Waals surface area contributed by atoms with Crippen LogP contribution in [0.25, 0.3) is 0 Å². The molecular weight excluding hydrogens is 632 g/mol. The molecule has 0 spiro atoms. The molecule has 0 aliphatic rings. The van der Waals surface area contributed by atoms with Gasteiger partial charge in [0, 0.05) is 0 Å². The third-order valence-corrected chi connectivity index (χ3v) is 9.00. The van der Waals surface area contributed by atoms with Crippen LogP contribution in [0.2, 0.25) is 0 Å². The van der Waals surface area contributed by atoms with Gasteiger partial charge < -0.3 is 0 Å². The van der Waals surface area contributed by atoms with Crippen LogP contribution in [0.15, 0.2) is 0 Å². The van der Waals surface area contributed by atoms with Crippen LogP contribution < -0.4 is 0 Å². The zero-order valence-corrected chi connectivity index (χ0v) is 22.0. The number of hydrogen-bond donors (Lipinski definition) is 0. The first-order valence-electron chi connectivity index (χ1n) is 6.84. The summed E-state index contributed by atoms with van der Waals surface area (Å²) < 4.78 is 0. The number of hydrogen-bond acceptors (Lipinski definition) is 0. The first-order valence-corrected chi connectivity index (χ1v) is 26.6. The summed E-state index contributed by atoms with van der Waals surface area (Å²) in [7, 11) is 8.52. The summed E-state index contributed by atoms with van der Waals surface area (Å²) in [6.07, 6.45) is 8.74. The van der Waals surface area contributed by atoms with Gasteiger partial charge in [-0.2, -0.15) is 0 Å². The van der Waals surface area contributed by atoms with E-state index in [1.54, 1.807) is 0 Å². The zero-order chi connectivity index (χ0) is 15.9. The third kappa shape index (κ3) is 33.8. The molecular formula is C12H32Br2Cl2P2Pt+2. The first kappa shape index (κ1) is 27.0. The van der Waals surface area contributed by atoms with Gasteiger partial charge in [0.05, 0.1) is 37.0 Å². The van der Waals surface area contributed by atoms with Crippen LogP contribution in [0.4, 0.5) is 0 Å². The maximum atomic E-state index is 5.31. The van der Waals surface area contributed by atoms with E-state index in [9.17, 15) is 0 Å². The van der Waals surface area contributed by atoms with Gasteiger partial charge in [0.25, 0.3) is 0 Å². The fraction of sp³-hybridized carbons (Fsp3) is 1.00. The van der Waals surface area contributed by atoms with Crippen molar-refractivity contribution in [3.63, 3.8) is 0 Å². The summed E-state index contributed by atoms with van der Waals surface area (Å²) in [6, 6.07) is 0. The molecule has 0 N–H and O–H groups in total. The minimum absolute atomic E-state index is 0.137. The Kier molecular flexibility index (Phi) is 27.2. The second-order valence-corrected chi connectivity index (χ2v) is 47.2. The van der Waals surface area contributed by atoms with Crippen molar-refractivity contribution in [2.24, 2.45) is 0 Å². The van der Waals surface area contributed by atoms with Crippen molar-refractivity contribution in [2.75, 3.05) is 37.0 Å². The normalized spacial score (nSPS) is 11.6. The predicted octanol–water partition coefficient (Wildman–Crippen LogP) is 7.59. The van der Waals surface area contributed by atoms with Crippen LogP contribution in [0.1, 0.15) is 41.5 Å². The Morgan fingerprint density at radius 3 is 0.737 bits per heavy atom. The average molecular weight is 664 g/mol. The molecule has 7 heteroatoms. The van der Waals surface area contributed by atoms with Crippen LogP contribution in [-0.2, 0) is 9.87 Å². The molecule has 0 aromatic heterocycles. The van der Waals surface area contributed by atoms with E-state index in [-0.39, 0.29) is 15.8 Å². The fourth-order valence-electron chi connectivity index (χ4n) is 1.50. The molecule has 126 valence electrons. The molecule has 0 unspecified atom stereocenters. The molecule has 0 aliphatic heterocycles. The van der Waals surface area contributed by atoms with E-state index in [1.807, 2.05) is 0 Å². The quantitative estimate of drug-likeness (QED) is 0.257. The molecule has 0 fully saturated rings. The van der Waals surface area contributed by atoms with Gasteiger partial charge in [-0.15, -0.1) is 0 Å². The monoisotopic (exact) mass is 661 g/mol. The zero-order valence-electron chi connectivity index (χ0n) is 13.1. The Hall–Kier alpha value is 3.09. The summed E-state index contributed by atoms with van der Waals surface area (Å²) in [5.74, 6) is 0. The minimum atomic E-state index is -2.38. The van der Waals surface area contributed by atoms with Gasteiger partial charge >= 0.3 is 55.3 Å². The van der Waals surface area contributed by atoms with Gasteiger partial charge in [-0.3, -0.25) is 0 Å². The van der Waals surface area contributed by atoms with Crippen molar-refractivity contribution in [3.8, 4) is 0 Å². The van der Waals surface area contributed by atoms with Crippen LogP contribution in [-0.4, -0.2) is 37.0 Å². The second kappa shape index (κ2) is 19.1. The molecule has 0 saturated carbocycles. The summed E-state index contributed by atoms with van der Waals surface area (Å²) >= 11 is 6.01. The van der Waals surface area contributed by atoms with Crippen molar-refractivity contribution >= 4 is 61.3 Å². The Labute approximate surface area is 148 Å². The SMILES string of the molecule is CC[PH+](CC)CC.CC[PH+](CC)CC.[Cl][Pt]([Cl])([Br])[Br]. The summed E-state index contributed by atoms with van der Waals surface area (Å²) in [5.41, 5.74) is 0. The maximum absolute atomic E-state index is 5.31. The Morgan fingerprint density at radius 2 is 0.737 bits per heavy atom. The van der Waals surface area contributed by atoms with Crippen molar-refractivity contribution in [1.82, 2.24) is 0 Å². The van der Waals surface area contributed by atoms with E-state index < -0.39 is 9.87 Å². The van der Waals surface area contributed by atoms with Crippen molar-refractivity contribution < 1.29 is 9.87 Å². The summed E-state index contributed by atoms with van der Waals surface area (Å²) in [4.78, 5) is 0. The molecule has 0 atom stereocenters. The van der Waals surface area contributed by atoms with Gasteiger partial charge in [0.15, 0.2) is 0 Å². The molecule has 0 saturated heterocycles. The number of rotatable bonds is 6. The first-order chi connectivity index (χ1) is 8.69. The van der Waals surface area contributed by atoms with E-state index in [0.717, 1.165) is 0 Å². The van der Waals surface area contributed by atoms with E-state index in [1.165, 1.54) is 37.0 Å². The molecule has 0 amide bonds. The topological polar surface area (TPSA) is 0 Å². The molecule has 0 heterocycles. The molecule has 0 radical (unpaired) electrons. The molecule has 0 aromatic rings. The van der Waals surface area contributed by atoms with Gasteiger partial charge in [-0.05, 0) is 57.4 Å². The van der Waals surface area contributed by atoms with E-state index in [0.29, 0.717) is 0 Å². The second-order valence-electron chi connectivity index (χ2n) is 3.89. The van der Waals surface area contributed by atoms with Crippen molar-refractivity contribution in [1.29, 1.82) is 0 Å². The van der Waals surface area contributed by atoms with Crippen molar-refractivity contribution in [3.05, 3.63) is 0 Å². The Morgan fingerprint density at radius 1 is 0.632 bits per heavy atom. The van der Waals surface area contributed by atoms with E-state index in [4.69, 9.17) is 18.8 Å². The van der Waals surface area contributed by atoms with Crippen LogP contribution in [0, 0.1) is 0 Å². The predicted molar refractivity (Wildman–Crippen MR) is 109 cm³/mol. The van der Waals surface area contributed by atoms with E-state index in [2.05, 4.69) is 68.1 Å². The molecule has 0 aliphatic carbocycles. The molecule has 0 aromatic carbocycles. The summed E-state index contributed by atoms with van der Waals surface area (Å²) in [6.45, 7) is 13.8. The molecule has 0 bridgehead atoms. The van der Waals surface area contributed by atoms with E-state index >= 15 is 0 Å². The van der Waals surface area contributed by atoms with Gasteiger partial charge in [-0.1, -0.05) is 0 Å². The standard InChI is InChI=1S/2C6H15P.2BrH.2ClH.Pt/c2*1-4-7(5-2)6-3;;;;;/h2*4-6H2,1-3H3;4*1H;/q;;;;;;+4/p-2. The Bertz CT molecular complexity index is 135. The number of halogens is 4. The third-order valence-electron chi connectivity index (χ3n) is 3.00. The summed E-state index contributed by atoms with van der Waals surface area (Å²) in [5, 5.41) is 0. The Balaban J connectivity index is -0.000000206. The fourth-order valence-corrected chi connectivity index (χ4v) is 4.50. The van der Waals surface area contributed by atoms with Crippen LogP contribution in [0.3, 0.4) is 0 Å². The van der Waals surface area contributed by atoms with Crippen LogP contribution in [0.5, 0.6) is 0 Å². The molecule has 0 rings (SSSR count). The van der Waals surface area contributed by atoms with Gasteiger partial charge in [0.2, 0.25) is 0 Å². The molecule has 19 heavy (non-hydrogen) atoms. The van der Waals surface area contributed by atoms with Gasteiger partial charge in [0.1, 0.15) is 0 Å². The van der Waals surface area contributed by atoms with Crippen LogP contribution >= 0.6 is 61.3 Å².